The summed E-state index contributed by atoms with van der Waals surface area (Å²) in [6.45, 7) is 4.58. The Balaban J connectivity index is 2.42. The molecular weight excluding hydrogens is 242 g/mol. The SMILES string of the molecule is CCCC(CCC)C(NC)c1cccc2ccccc12. The van der Waals surface area contributed by atoms with E-state index in [0.29, 0.717) is 6.04 Å². The molecule has 0 saturated carbocycles. The summed E-state index contributed by atoms with van der Waals surface area (Å²) >= 11 is 0. The Hall–Kier alpha value is -1.34. The van der Waals surface area contributed by atoms with Gasteiger partial charge in [0.25, 0.3) is 0 Å². The Morgan fingerprint density at radius 3 is 2.20 bits per heavy atom. The second-order valence-corrected chi connectivity index (χ2v) is 5.67. The first-order valence-electron chi connectivity index (χ1n) is 7.96. The lowest BCUT2D eigenvalue weighted by Gasteiger charge is -2.28. The molecular formula is C19H27N. The average Bonchev–Trinajstić information content (AvgIpc) is 2.49. The summed E-state index contributed by atoms with van der Waals surface area (Å²) in [4.78, 5) is 0. The average molecular weight is 269 g/mol. The summed E-state index contributed by atoms with van der Waals surface area (Å²) in [5.74, 6) is 0.723. The highest BCUT2D eigenvalue weighted by Gasteiger charge is 2.21. The fourth-order valence-corrected chi connectivity index (χ4v) is 3.39. The van der Waals surface area contributed by atoms with Gasteiger partial charge in [-0.15, -0.1) is 0 Å². The summed E-state index contributed by atoms with van der Waals surface area (Å²) in [6.07, 6.45) is 5.10. The van der Waals surface area contributed by atoms with Crippen molar-refractivity contribution in [3.63, 3.8) is 0 Å². The minimum atomic E-state index is 0.459. The van der Waals surface area contributed by atoms with Crippen LogP contribution in [0.25, 0.3) is 10.8 Å². The predicted molar refractivity (Wildman–Crippen MR) is 89.1 cm³/mol. The molecule has 0 aliphatic carbocycles. The predicted octanol–water partition coefficient (Wildman–Crippen LogP) is 5.32. The maximum atomic E-state index is 3.58. The molecule has 0 aromatic heterocycles. The lowest BCUT2D eigenvalue weighted by molar-refractivity contribution is 0.332. The third-order valence-corrected chi connectivity index (χ3v) is 4.26. The Labute approximate surface area is 123 Å². The van der Waals surface area contributed by atoms with Crippen LogP contribution in [0.2, 0.25) is 0 Å². The molecule has 1 N–H and O–H groups in total. The van der Waals surface area contributed by atoms with Crippen LogP contribution >= 0.6 is 0 Å². The molecule has 1 nitrogen and oxygen atoms in total. The van der Waals surface area contributed by atoms with E-state index < -0.39 is 0 Å². The van der Waals surface area contributed by atoms with Crippen molar-refractivity contribution in [2.45, 2.75) is 45.6 Å². The second kappa shape index (κ2) is 7.44. The largest absolute Gasteiger partial charge is 0.313 e. The Morgan fingerprint density at radius 2 is 1.55 bits per heavy atom. The summed E-state index contributed by atoms with van der Waals surface area (Å²) in [6, 6.07) is 15.9. The van der Waals surface area contributed by atoms with Crippen molar-refractivity contribution in [1.82, 2.24) is 5.32 Å². The molecule has 1 atom stereocenters. The molecule has 20 heavy (non-hydrogen) atoms. The first-order valence-corrected chi connectivity index (χ1v) is 7.96. The van der Waals surface area contributed by atoms with Gasteiger partial charge in [-0.1, -0.05) is 69.2 Å². The van der Waals surface area contributed by atoms with Gasteiger partial charge in [0.05, 0.1) is 0 Å². The molecule has 0 aliphatic rings. The summed E-state index contributed by atoms with van der Waals surface area (Å²) in [7, 11) is 2.10. The van der Waals surface area contributed by atoms with Gasteiger partial charge in [0.1, 0.15) is 0 Å². The van der Waals surface area contributed by atoms with Crippen molar-refractivity contribution >= 4 is 10.8 Å². The number of rotatable bonds is 7. The lowest BCUT2D eigenvalue weighted by Crippen LogP contribution is -2.25. The molecule has 0 spiro atoms. The molecule has 0 aliphatic heterocycles. The monoisotopic (exact) mass is 269 g/mol. The van der Waals surface area contributed by atoms with Crippen LogP contribution in [-0.4, -0.2) is 7.05 Å². The minimum Gasteiger partial charge on any atom is -0.313 e. The van der Waals surface area contributed by atoms with E-state index in [4.69, 9.17) is 0 Å². The number of fused-ring (bicyclic) bond motifs is 1. The minimum absolute atomic E-state index is 0.459. The fraction of sp³-hybridized carbons (Fsp3) is 0.474. The van der Waals surface area contributed by atoms with Crippen LogP contribution in [0, 0.1) is 5.92 Å². The molecule has 0 saturated heterocycles. The van der Waals surface area contributed by atoms with Gasteiger partial charge in [-0.2, -0.15) is 0 Å². The molecule has 0 fully saturated rings. The topological polar surface area (TPSA) is 12.0 Å². The fourth-order valence-electron chi connectivity index (χ4n) is 3.39. The Bertz CT molecular complexity index is 521. The van der Waals surface area contributed by atoms with Gasteiger partial charge in [0.2, 0.25) is 0 Å². The maximum absolute atomic E-state index is 3.58. The van der Waals surface area contributed by atoms with Gasteiger partial charge in [0.15, 0.2) is 0 Å². The molecule has 2 aromatic rings. The van der Waals surface area contributed by atoms with Crippen LogP contribution in [0.5, 0.6) is 0 Å². The zero-order valence-corrected chi connectivity index (χ0v) is 13.0. The Morgan fingerprint density at radius 1 is 0.900 bits per heavy atom. The quantitative estimate of drug-likeness (QED) is 0.717. The molecule has 1 heteroatoms. The highest BCUT2D eigenvalue weighted by atomic mass is 14.9. The van der Waals surface area contributed by atoms with Crippen LogP contribution in [-0.2, 0) is 0 Å². The maximum Gasteiger partial charge on any atom is 0.0352 e. The summed E-state index contributed by atoms with van der Waals surface area (Å²) < 4.78 is 0. The van der Waals surface area contributed by atoms with Crippen LogP contribution < -0.4 is 5.32 Å². The van der Waals surface area contributed by atoms with Crippen molar-refractivity contribution < 1.29 is 0 Å². The molecule has 1 unspecified atom stereocenters. The van der Waals surface area contributed by atoms with E-state index in [1.165, 1.54) is 42.0 Å². The summed E-state index contributed by atoms with van der Waals surface area (Å²) in [5.41, 5.74) is 1.46. The third-order valence-electron chi connectivity index (χ3n) is 4.26. The van der Waals surface area contributed by atoms with Gasteiger partial charge in [-0.25, -0.2) is 0 Å². The van der Waals surface area contributed by atoms with Gasteiger partial charge in [-0.05, 0) is 42.1 Å². The van der Waals surface area contributed by atoms with E-state index in [-0.39, 0.29) is 0 Å². The van der Waals surface area contributed by atoms with E-state index in [1.807, 2.05) is 0 Å². The van der Waals surface area contributed by atoms with E-state index in [2.05, 4.69) is 68.7 Å². The van der Waals surface area contributed by atoms with Crippen molar-refractivity contribution in [2.75, 3.05) is 7.05 Å². The van der Waals surface area contributed by atoms with Crippen molar-refractivity contribution in [1.29, 1.82) is 0 Å². The zero-order valence-electron chi connectivity index (χ0n) is 13.0. The second-order valence-electron chi connectivity index (χ2n) is 5.67. The van der Waals surface area contributed by atoms with Crippen molar-refractivity contribution in [3.8, 4) is 0 Å². The summed E-state index contributed by atoms with van der Waals surface area (Å²) in [5, 5.41) is 6.32. The highest BCUT2D eigenvalue weighted by molar-refractivity contribution is 5.86. The van der Waals surface area contributed by atoms with E-state index in [9.17, 15) is 0 Å². The standard InChI is InChI=1S/C19H27N/c1-4-9-16(10-5-2)19(20-3)18-14-8-12-15-11-6-7-13-17(15)18/h6-8,11-14,16,19-20H,4-5,9-10H2,1-3H3. The Kier molecular flexibility index (Phi) is 5.60. The highest BCUT2D eigenvalue weighted by Crippen LogP contribution is 2.33. The van der Waals surface area contributed by atoms with Crippen molar-refractivity contribution in [2.24, 2.45) is 5.92 Å². The van der Waals surface area contributed by atoms with Gasteiger partial charge >= 0.3 is 0 Å². The van der Waals surface area contributed by atoms with E-state index in [1.54, 1.807) is 0 Å². The van der Waals surface area contributed by atoms with Crippen molar-refractivity contribution in [3.05, 3.63) is 48.0 Å². The van der Waals surface area contributed by atoms with Gasteiger partial charge < -0.3 is 5.32 Å². The number of benzene rings is 2. The molecule has 0 amide bonds. The van der Waals surface area contributed by atoms with Crippen LogP contribution in [0.4, 0.5) is 0 Å². The molecule has 2 rings (SSSR count). The normalized spacial score (nSPS) is 13.0. The number of hydrogen-bond acceptors (Lipinski definition) is 1. The van der Waals surface area contributed by atoms with Crippen LogP contribution in [0.15, 0.2) is 42.5 Å². The van der Waals surface area contributed by atoms with Gasteiger partial charge in [-0.3, -0.25) is 0 Å². The number of hydrogen-bond donors (Lipinski definition) is 1. The first-order chi connectivity index (χ1) is 9.81. The molecule has 2 aromatic carbocycles. The van der Waals surface area contributed by atoms with E-state index >= 15 is 0 Å². The number of nitrogens with one attached hydrogen (secondary N) is 1. The molecule has 0 bridgehead atoms. The lowest BCUT2D eigenvalue weighted by atomic mass is 9.84. The first kappa shape index (κ1) is 15.1. The molecule has 0 radical (unpaired) electrons. The third kappa shape index (κ3) is 3.21. The molecule has 0 heterocycles. The smallest absolute Gasteiger partial charge is 0.0352 e. The van der Waals surface area contributed by atoms with Crippen LogP contribution in [0.3, 0.4) is 0 Å². The van der Waals surface area contributed by atoms with Gasteiger partial charge in [0, 0.05) is 6.04 Å². The van der Waals surface area contributed by atoms with Crippen LogP contribution in [0.1, 0.15) is 51.1 Å². The molecule has 108 valence electrons. The zero-order chi connectivity index (χ0) is 14.4. The van der Waals surface area contributed by atoms with E-state index in [0.717, 1.165) is 5.92 Å².